The molecular weight excluding hydrogens is 218 g/mol. The number of benzene rings is 1. The average Bonchev–Trinajstić information content (AvgIpc) is 2.72. The van der Waals surface area contributed by atoms with E-state index in [9.17, 15) is 0 Å². The summed E-state index contributed by atoms with van der Waals surface area (Å²) in [5.41, 5.74) is 3.73. The molecule has 1 aromatic carbocycles. The van der Waals surface area contributed by atoms with Crippen LogP contribution in [0.15, 0.2) is 30.3 Å². The van der Waals surface area contributed by atoms with E-state index in [0.29, 0.717) is 0 Å². The Morgan fingerprint density at radius 3 is 2.61 bits per heavy atom. The van der Waals surface area contributed by atoms with Crippen LogP contribution in [0.25, 0.3) is 23.8 Å². The van der Waals surface area contributed by atoms with Crippen LogP contribution >= 0.6 is 0 Å². The molecule has 0 bridgehead atoms. The normalized spacial score (nSPS) is 12.0. The Labute approximate surface area is 109 Å². The van der Waals surface area contributed by atoms with Crippen LogP contribution in [0, 0.1) is 6.92 Å². The van der Waals surface area contributed by atoms with Crippen molar-refractivity contribution in [3.8, 4) is 11.1 Å². The smallest absolute Gasteiger partial charge is 0.0391 e. The lowest BCUT2D eigenvalue weighted by Crippen LogP contribution is -2.07. The monoisotopic (exact) mass is 239 g/mol. The van der Waals surface area contributed by atoms with Crippen LogP contribution < -0.4 is 10.7 Å². The topological polar surface area (TPSA) is 15.8 Å². The van der Waals surface area contributed by atoms with Gasteiger partial charge in [-0.1, -0.05) is 55.8 Å². The number of aromatic nitrogens is 1. The molecule has 0 aliphatic heterocycles. The number of nitrogens with one attached hydrogen (secondary N) is 1. The third kappa shape index (κ3) is 2.92. The van der Waals surface area contributed by atoms with Gasteiger partial charge in [0.15, 0.2) is 0 Å². The number of rotatable bonds is 4. The molecule has 1 nitrogen and oxygen atoms in total. The molecule has 1 N–H and O–H groups in total. The largest absolute Gasteiger partial charge is 0.356 e. The zero-order valence-corrected chi connectivity index (χ0v) is 11.3. The van der Waals surface area contributed by atoms with Crippen LogP contribution in [0.5, 0.6) is 0 Å². The molecule has 0 radical (unpaired) electrons. The fraction of sp³-hybridized carbons (Fsp3) is 0.294. The van der Waals surface area contributed by atoms with Gasteiger partial charge in [-0.15, -0.1) is 0 Å². The third-order valence-corrected chi connectivity index (χ3v) is 3.20. The molecule has 0 aliphatic rings. The fourth-order valence-corrected chi connectivity index (χ4v) is 2.08. The van der Waals surface area contributed by atoms with Gasteiger partial charge in [0.05, 0.1) is 0 Å². The lowest BCUT2D eigenvalue weighted by atomic mass is 10.1. The highest BCUT2D eigenvalue weighted by Crippen LogP contribution is 2.14. The van der Waals surface area contributed by atoms with Crippen molar-refractivity contribution < 1.29 is 0 Å². The van der Waals surface area contributed by atoms with E-state index in [1.54, 1.807) is 0 Å². The average molecular weight is 239 g/mol. The van der Waals surface area contributed by atoms with E-state index in [4.69, 9.17) is 0 Å². The van der Waals surface area contributed by atoms with E-state index in [-0.39, 0.29) is 0 Å². The number of hydrogen-bond acceptors (Lipinski definition) is 0. The minimum absolute atomic E-state index is 1.00. The standard InChI is InChI=1S/C17H21N/c1-4-5-6-7-16-12-17(14(3)18-16)15-10-8-13(2)9-11-15/h7-12,18H,3-6H2,1-2H3/b16-7-. The molecule has 0 aliphatic carbocycles. The first kappa shape index (κ1) is 12.7. The fourth-order valence-electron chi connectivity index (χ4n) is 2.08. The minimum Gasteiger partial charge on any atom is -0.356 e. The van der Waals surface area contributed by atoms with Crippen molar-refractivity contribution in [3.05, 3.63) is 46.6 Å². The minimum atomic E-state index is 1.00. The van der Waals surface area contributed by atoms with Gasteiger partial charge in [-0.05, 0) is 31.4 Å². The van der Waals surface area contributed by atoms with Crippen LogP contribution in [0.3, 0.4) is 0 Å². The first-order valence-electron chi connectivity index (χ1n) is 6.66. The molecule has 0 amide bonds. The van der Waals surface area contributed by atoms with Gasteiger partial charge in [-0.25, -0.2) is 0 Å². The van der Waals surface area contributed by atoms with Gasteiger partial charge in [0, 0.05) is 16.3 Å². The molecule has 1 aromatic heterocycles. The van der Waals surface area contributed by atoms with E-state index < -0.39 is 0 Å². The van der Waals surface area contributed by atoms with Gasteiger partial charge < -0.3 is 4.98 Å². The summed E-state index contributed by atoms with van der Waals surface area (Å²) in [6.07, 6.45) is 5.87. The highest BCUT2D eigenvalue weighted by atomic mass is 14.7. The predicted octanol–water partition coefficient (Wildman–Crippen LogP) is 3.37. The van der Waals surface area contributed by atoms with Crippen molar-refractivity contribution in [3.63, 3.8) is 0 Å². The summed E-state index contributed by atoms with van der Waals surface area (Å²) >= 11 is 0. The molecule has 18 heavy (non-hydrogen) atoms. The molecule has 0 saturated heterocycles. The maximum Gasteiger partial charge on any atom is 0.0391 e. The van der Waals surface area contributed by atoms with Gasteiger partial charge in [-0.3, -0.25) is 0 Å². The van der Waals surface area contributed by atoms with Crippen molar-refractivity contribution in [2.45, 2.75) is 33.1 Å². The summed E-state index contributed by atoms with van der Waals surface area (Å²) in [6.45, 7) is 8.42. The first-order chi connectivity index (χ1) is 8.70. The van der Waals surface area contributed by atoms with Gasteiger partial charge >= 0.3 is 0 Å². The molecular formula is C17H21N. The van der Waals surface area contributed by atoms with Gasteiger partial charge in [0.2, 0.25) is 0 Å². The van der Waals surface area contributed by atoms with Gasteiger partial charge in [0.1, 0.15) is 0 Å². The summed E-state index contributed by atoms with van der Waals surface area (Å²) in [5, 5.41) is 2.19. The number of unbranched alkanes of at least 4 members (excludes halogenated alkanes) is 2. The Morgan fingerprint density at radius 2 is 1.94 bits per heavy atom. The predicted molar refractivity (Wildman–Crippen MR) is 79.7 cm³/mol. The molecule has 94 valence electrons. The molecule has 1 heteroatoms. The van der Waals surface area contributed by atoms with Crippen molar-refractivity contribution in [2.24, 2.45) is 0 Å². The SMILES string of the molecule is C=c1[nH]/c(=C\CCCC)cc1-c1ccc(C)cc1. The van der Waals surface area contributed by atoms with E-state index in [1.165, 1.54) is 34.9 Å². The molecule has 0 fully saturated rings. The maximum absolute atomic E-state index is 4.09. The highest BCUT2D eigenvalue weighted by molar-refractivity contribution is 5.64. The zero-order valence-electron chi connectivity index (χ0n) is 11.3. The van der Waals surface area contributed by atoms with Crippen LogP contribution in [0.2, 0.25) is 0 Å². The maximum atomic E-state index is 4.09. The van der Waals surface area contributed by atoms with E-state index >= 15 is 0 Å². The van der Waals surface area contributed by atoms with E-state index in [0.717, 1.165) is 11.8 Å². The van der Waals surface area contributed by atoms with Gasteiger partial charge in [-0.2, -0.15) is 0 Å². The van der Waals surface area contributed by atoms with E-state index in [1.807, 2.05) is 0 Å². The zero-order chi connectivity index (χ0) is 13.0. The van der Waals surface area contributed by atoms with Crippen LogP contribution in [-0.4, -0.2) is 4.98 Å². The second kappa shape index (κ2) is 5.72. The number of aromatic amines is 1. The third-order valence-electron chi connectivity index (χ3n) is 3.20. The summed E-state index contributed by atoms with van der Waals surface area (Å²) in [5.74, 6) is 0. The summed E-state index contributed by atoms with van der Waals surface area (Å²) < 4.78 is 0. The quantitative estimate of drug-likeness (QED) is 0.787. The molecule has 2 rings (SSSR count). The van der Waals surface area contributed by atoms with Crippen LogP contribution in [0.4, 0.5) is 0 Å². The number of H-pyrrole nitrogens is 1. The summed E-state index contributed by atoms with van der Waals surface area (Å²) in [6, 6.07) is 10.8. The van der Waals surface area contributed by atoms with Crippen molar-refractivity contribution in [1.82, 2.24) is 4.98 Å². The molecule has 2 aromatic rings. The van der Waals surface area contributed by atoms with Crippen molar-refractivity contribution in [2.75, 3.05) is 0 Å². The van der Waals surface area contributed by atoms with Crippen LogP contribution in [-0.2, 0) is 0 Å². The summed E-state index contributed by atoms with van der Waals surface area (Å²) in [4.78, 5) is 3.35. The Balaban J connectivity index is 2.32. The molecule has 1 heterocycles. The highest BCUT2D eigenvalue weighted by Gasteiger charge is 2.00. The Morgan fingerprint density at radius 1 is 1.22 bits per heavy atom. The first-order valence-corrected chi connectivity index (χ1v) is 6.66. The summed E-state index contributed by atoms with van der Waals surface area (Å²) in [7, 11) is 0. The van der Waals surface area contributed by atoms with Crippen LogP contribution in [0.1, 0.15) is 31.7 Å². The van der Waals surface area contributed by atoms with E-state index in [2.05, 4.69) is 61.8 Å². The van der Waals surface area contributed by atoms with Crippen molar-refractivity contribution in [1.29, 1.82) is 0 Å². The molecule has 0 spiro atoms. The molecule has 0 atom stereocenters. The lowest BCUT2D eigenvalue weighted by Gasteiger charge is -1.98. The van der Waals surface area contributed by atoms with Gasteiger partial charge in [0.25, 0.3) is 0 Å². The second-order valence-corrected chi connectivity index (χ2v) is 4.83. The Hall–Kier alpha value is -1.76. The van der Waals surface area contributed by atoms with Crippen molar-refractivity contribution >= 4 is 12.7 Å². The molecule has 0 unspecified atom stereocenters. The Bertz CT molecular complexity index is 602. The second-order valence-electron chi connectivity index (χ2n) is 4.83. The number of aryl methyl sites for hydroxylation is 1. The number of hydrogen-bond donors (Lipinski definition) is 1. The molecule has 0 saturated carbocycles. The Kier molecular flexibility index (Phi) is 4.03. The lowest BCUT2D eigenvalue weighted by molar-refractivity contribution is 0.832.